The van der Waals surface area contributed by atoms with Crippen LogP contribution in [0, 0.1) is 11.8 Å². The van der Waals surface area contributed by atoms with E-state index in [0.29, 0.717) is 0 Å². The van der Waals surface area contributed by atoms with Crippen LogP contribution in [0.3, 0.4) is 0 Å². The molecule has 1 rings (SSSR count). The highest BCUT2D eigenvalue weighted by atomic mass is 16.5. The molecule has 0 radical (unpaired) electrons. The van der Waals surface area contributed by atoms with Crippen molar-refractivity contribution >= 4 is 0 Å². The maximum atomic E-state index is 5.16. The molecular weight excluding hydrogens is 272 g/mol. The van der Waals surface area contributed by atoms with Gasteiger partial charge >= 0.3 is 0 Å². The molecule has 0 N–H and O–H groups in total. The fraction of sp³-hybridized carbons (Fsp3) is 0.800. The largest absolute Gasteiger partial charge is 0.502 e. The molecule has 2 heteroatoms. The molecule has 0 heterocycles. The fourth-order valence-electron chi connectivity index (χ4n) is 3.57. The molecule has 1 saturated carbocycles. The maximum Gasteiger partial charge on any atom is 0.0873 e. The van der Waals surface area contributed by atoms with Crippen molar-refractivity contribution in [2.24, 2.45) is 11.8 Å². The average Bonchev–Trinajstić information content (AvgIpc) is 2.55. The third-order valence-corrected chi connectivity index (χ3v) is 4.95. The molecule has 0 amide bonds. The zero-order valence-corrected chi connectivity index (χ0v) is 14.4. The molecule has 0 unspecified atom stereocenters. The summed E-state index contributed by atoms with van der Waals surface area (Å²) in [7, 11) is 0. The molecule has 0 aromatic carbocycles. The standard InChI is InChI=1S/C20H36O2/c1-3-21-17-9-5-7-11-19-13-15-20(16-14-19)12-8-6-10-18-22-4-2/h3-4,19-20H,1-2,5-18H2. The lowest BCUT2D eigenvalue weighted by Gasteiger charge is -2.28. The Kier molecular flexibility index (Phi) is 11.9. The van der Waals surface area contributed by atoms with Crippen LogP contribution in [0.15, 0.2) is 25.7 Å². The summed E-state index contributed by atoms with van der Waals surface area (Å²) in [5.41, 5.74) is 0. The van der Waals surface area contributed by atoms with E-state index in [1.165, 1.54) is 77.0 Å². The van der Waals surface area contributed by atoms with Gasteiger partial charge in [0.1, 0.15) is 0 Å². The number of ether oxygens (including phenoxy) is 2. The van der Waals surface area contributed by atoms with Crippen LogP contribution in [0.5, 0.6) is 0 Å². The zero-order valence-electron chi connectivity index (χ0n) is 14.4. The Balaban J connectivity index is 1.90. The zero-order chi connectivity index (χ0) is 15.9. The number of unbranched alkanes of at least 4 members (excludes halogenated alkanes) is 4. The minimum atomic E-state index is 0.841. The lowest BCUT2D eigenvalue weighted by atomic mass is 9.78. The summed E-state index contributed by atoms with van der Waals surface area (Å²) in [5.74, 6) is 2.00. The van der Waals surface area contributed by atoms with E-state index < -0.39 is 0 Å². The van der Waals surface area contributed by atoms with Crippen LogP contribution >= 0.6 is 0 Å². The second-order valence-electron chi connectivity index (χ2n) is 6.66. The predicted octanol–water partition coefficient (Wildman–Crippen LogP) is 6.23. The first kappa shape index (κ1) is 19.1. The predicted molar refractivity (Wildman–Crippen MR) is 94.7 cm³/mol. The Morgan fingerprint density at radius 3 is 1.41 bits per heavy atom. The van der Waals surface area contributed by atoms with E-state index in [0.717, 1.165) is 25.0 Å². The Hall–Kier alpha value is -0.920. The molecule has 0 aromatic rings. The van der Waals surface area contributed by atoms with E-state index in [-0.39, 0.29) is 0 Å². The van der Waals surface area contributed by atoms with Crippen LogP contribution < -0.4 is 0 Å². The van der Waals surface area contributed by atoms with Gasteiger partial charge in [0, 0.05) is 0 Å². The molecule has 0 bridgehead atoms. The summed E-state index contributed by atoms with van der Waals surface area (Å²) in [6.07, 6.45) is 19.5. The van der Waals surface area contributed by atoms with Gasteiger partial charge in [0.05, 0.1) is 25.7 Å². The van der Waals surface area contributed by atoms with Crippen molar-refractivity contribution in [1.29, 1.82) is 0 Å². The fourth-order valence-corrected chi connectivity index (χ4v) is 3.57. The minimum Gasteiger partial charge on any atom is -0.502 e. The van der Waals surface area contributed by atoms with Gasteiger partial charge in [-0.3, -0.25) is 0 Å². The molecule has 1 aliphatic rings. The van der Waals surface area contributed by atoms with Crippen LogP contribution in [0.25, 0.3) is 0 Å². The Morgan fingerprint density at radius 2 is 1.05 bits per heavy atom. The van der Waals surface area contributed by atoms with Crippen LogP contribution in [0.2, 0.25) is 0 Å². The third kappa shape index (κ3) is 9.92. The van der Waals surface area contributed by atoms with E-state index >= 15 is 0 Å². The monoisotopic (exact) mass is 308 g/mol. The molecular formula is C20H36O2. The van der Waals surface area contributed by atoms with Crippen LogP contribution in [-0.4, -0.2) is 13.2 Å². The molecule has 22 heavy (non-hydrogen) atoms. The molecule has 128 valence electrons. The topological polar surface area (TPSA) is 18.5 Å². The van der Waals surface area contributed by atoms with Gasteiger partial charge in [-0.1, -0.05) is 77.4 Å². The summed E-state index contributed by atoms with van der Waals surface area (Å²) < 4.78 is 10.3. The summed E-state index contributed by atoms with van der Waals surface area (Å²) in [6.45, 7) is 8.82. The van der Waals surface area contributed by atoms with E-state index in [1.807, 2.05) is 0 Å². The second kappa shape index (κ2) is 13.7. The van der Waals surface area contributed by atoms with E-state index in [9.17, 15) is 0 Å². The third-order valence-electron chi connectivity index (χ3n) is 4.95. The van der Waals surface area contributed by atoms with Gasteiger partial charge in [0.2, 0.25) is 0 Å². The molecule has 2 nitrogen and oxygen atoms in total. The first-order valence-electron chi connectivity index (χ1n) is 9.31. The first-order valence-corrected chi connectivity index (χ1v) is 9.31. The van der Waals surface area contributed by atoms with Gasteiger partial charge in [0.15, 0.2) is 0 Å². The van der Waals surface area contributed by atoms with E-state index in [1.54, 1.807) is 12.5 Å². The minimum absolute atomic E-state index is 0.841. The first-order chi connectivity index (χ1) is 10.9. The molecule has 1 fully saturated rings. The molecule has 0 aliphatic heterocycles. The van der Waals surface area contributed by atoms with Gasteiger partial charge in [-0.15, -0.1) is 0 Å². The molecule has 0 saturated heterocycles. The van der Waals surface area contributed by atoms with Gasteiger partial charge in [-0.25, -0.2) is 0 Å². The number of hydrogen-bond donors (Lipinski definition) is 0. The molecule has 0 atom stereocenters. The van der Waals surface area contributed by atoms with Crippen LogP contribution in [0.4, 0.5) is 0 Å². The van der Waals surface area contributed by atoms with Crippen molar-refractivity contribution in [3.63, 3.8) is 0 Å². The summed E-state index contributed by atoms with van der Waals surface area (Å²) in [6, 6.07) is 0. The number of rotatable bonds is 14. The lowest BCUT2D eigenvalue weighted by Crippen LogP contribution is -2.14. The SMILES string of the molecule is C=COCCCCCC1CCC(CCCCCOC=C)CC1. The Bertz CT molecular complexity index is 239. The van der Waals surface area contributed by atoms with Gasteiger partial charge in [-0.2, -0.15) is 0 Å². The van der Waals surface area contributed by atoms with Crippen molar-refractivity contribution in [3.05, 3.63) is 25.7 Å². The number of hydrogen-bond acceptors (Lipinski definition) is 2. The van der Waals surface area contributed by atoms with Crippen molar-refractivity contribution in [3.8, 4) is 0 Å². The van der Waals surface area contributed by atoms with E-state index in [4.69, 9.17) is 9.47 Å². The van der Waals surface area contributed by atoms with Crippen molar-refractivity contribution in [2.75, 3.05) is 13.2 Å². The summed E-state index contributed by atoms with van der Waals surface area (Å²) >= 11 is 0. The lowest BCUT2D eigenvalue weighted by molar-refractivity contribution is 0.224. The molecule has 1 aliphatic carbocycles. The van der Waals surface area contributed by atoms with Crippen molar-refractivity contribution in [1.82, 2.24) is 0 Å². The summed E-state index contributed by atoms with van der Waals surface area (Å²) in [5, 5.41) is 0. The quantitative estimate of drug-likeness (QED) is 0.279. The second-order valence-corrected chi connectivity index (χ2v) is 6.66. The molecule has 0 spiro atoms. The highest BCUT2D eigenvalue weighted by molar-refractivity contribution is 4.73. The Labute approximate surface area is 138 Å². The maximum absolute atomic E-state index is 5.16. The van der Waals surface area contributed by atoms with Crippen molar-refractivity contribution < 1.29 is 9.47 Å². The van der Waals surface area contributed by atoms with Gasteiger partial charge < -0.3 is 9.47 Å². The van der Waals surface area contributed by atoms with Gasteiger partial charge in [0.25, 0.3) is 0 Å². The van der Waals surface area contributed by atoms with E-state index in [2.05, 4.69) is 13.2 Å². The van der Waals surface area contributed by atoms with Gasteiger partial charge in [-0.05, 0) is 24.7 Å². The highest BCUT2D eigenvalue weighted by Crippen LogP contribution is 2.34. The normalized spacial score (nSPS) is 21.3. The van der Waals surface area contributed by atoms with Crippen LogP contribution in [-0.2, 0) is 9.47 Å². The summed E-state index contributed by atoms with van der Waals surface area (Å²) in [4.78, 5) is 0. The Morgan fingerprint density at radius 1 is 0.636 bits per heavy atom. The average molecular weight is 309 g/mol. The van der Waals surface area contributed by atoms with Crippen molar-refractivity contribution in [2.45, 2.75) is 77.0 Å². The highest BCUT2D eigenvalue weighted by Gasteiger charge is 2.20. The smallest absolute Gasteiger partial charge is 0.0873 e. The van der Waals surface area contributed by atoms with Crippen LogP contribution in [0.1, 0.15) is 77.0 Å². The molecule has 0 aromatic heterocycles.